The fourth-order valence-electron chi connectivity index (χ4n) is 3.07. The van der Waals surface area contributed by atoms with Gasteiger partial charge in [-0.05, 0) is 37.9 Å². The number of halogens is 1. The molecule has 3 heterocycles. The number of hydrogen-bond donors (Lipinski definition) is 1. The average Bonchev–Trinajstić information content (AvgIpc) is 2.42. The van der Waals surface area contributed by atoms with Gasteiger partial charge in [0.05, 0.1) is 10.6 Å². The molecule has 1 aromatic rings. The van der Waals surface area contributed by atoms with Crippen molar-refractivity contribution in [1.29, 1.82) is 0 Å². The molecule has 19 heavy (non-hydrogen) atoms. The van der Waals surface area contributed by atoms with Crippen LogP contribution in [0.15, 0.2) is 18.2 Å². The Balaban J connectivity index is 1.79. The van der Waals surface area contributed by atoms with Crippen molar-refractivity contribution in [2.45, 2.75) is 18.9 Å². The number of benzene rings is 1. The van der Waals surface area contributed by atoms with Crippen molar-refractivity contribution in [1.82, 2.24) is 4.90 Å². The molecular weight excluding hydrogens is 249 g/mol. The van der Waals surface area contributed by atoms with Crippen LogP contribution in [-0.4, -0.2) is 35.5 Å². The Labute approximate surface area is 110 Å². The molecule has 2 bridgehead atoms. The number of rotatable bonds is 3. The van der Waals surface area contributed by atoms with E-state index in [-0.39, 0.29) is 17.4 Å². The molecule has 0 aromatic heterocycles. The van der Waals surface area contributed by atoms with Gasteiger partial charge in [0.15, 0.2) is 0 Å². The lowest BCUT2D eigenvalue weighted by atomic mass is 9.84. The van der Waals surface area contributed by atoms with Crippen LogP contribution in [0.3, 0.4) is 0 Å². The zero-order valence-electron chi connectivity index (χ0n) is 10.5. The van der Waals surface area contributed by atoms with Gasteiger partial charge in [-0.2, -0.15) is 0 Å². The molecule has 0 spiro atoms. The first-order chi connectivity index (χ1) is 9.13. The van der Waals surface area contributed by atoms with E-state index in [1.807, 2.05) is 0 Å². The normalized spacial score (nSPS) is 29.2. The number of nitro benzene ring substituents is 1. The minimum Gasteiger partial charge on any atom is -0.378 e. The molecule has 0 aliphatic carbocycles. The second kappa shape index (κ2) is 4.77. The van der Waals surface area contributed by atoms with E-state index in [1.165, 1.54) is 12.1 Å². The summed E-state index contributed by atoms with van der Waals surface area (Å²) in [5.41, 5.74) is 0.165. The Morgan fingerprint density at radius 3 is 2.68 bits per heavy atom. The van der Waals surface area contributed by atoms with Gasteiger partial charge in [0.2, 0.25) is 0 Å². The van der Waals surface area contributed by atoms with E-state index in [9.17, 15) is 14.5 Å². The second-order valence-corrected chi connectivity index (χ2v) is 5.31. The van der Waals surface area contributed by atoms with Crippen molar-refractivity contribution in [2.75, 3.05) is 25.0 Å². The summed E-state index contributed by atoms with van der Waals surface area (Å²) >= 11 is 0. The summed E-state index contributed by atoms with van der Waals surface area (Å²) in [7, 11) is 0. The van der Waals surface area contributed by atoms with Crippen LogP contribution in [0.25, 0.3) is 0 Å². The van der Waals surface area contributed by atoms with E-state index in [1.54, 1.807) is 0 Å². The molecule has 1 N–H and O–H groups in total. The molecular formula is C13H16FN3O2. The minimum atomic E-state index is -0.499. The van der Waals surface area contributed by atoms with Crippen molar-refractivity contribution >= 4 is 11.4 Å². The van der Waals surface area contributed by atoms with Gasteiger partial charge in [0.25, 0.3) is 5.69 Å². The molecule has 3 fully saturated rings. The van der Waals surface area contributed by atoms with Crippen LogP contribution in [-0.2, 0) is 0 Å². The van der Waals surface area contributed by atoms with Gasteiger partial charge in [0, 0.05) is 24.7 Å². The number of piperidine rings is 3. The quantitative estimate of drug-likeness (QED) is 0.672. The van der Waals surface area contributed by atoms with E-state index >= 15 is 0 Å². The summed E-state index contributed by atoms with van der Waals surface area (Å²) < 4.78 is 13.7. The van der Waals surface area contributed by atoms with Gasteiger partial charge in [0.1, 0.15) is 5.82 Å². The molecule has 0 radical (unpaired) electrons. The molecule has 3 saturated heterocycles. The lowest BCUT2D eigenvalue weighted by Gasteiger charge is -2.45. The average molecular weight is 265 g/mol. The van der Waals surface area contributed by atoms with Gasteiger partial charge in [-0.25, -0.2) is 4.39 Å². The van der Waals surface area contributed by atoms with Crippen molar-refractivity contribution < 1.29 is 9.31 Å². The number of anilines is 1. The van der Waals surface area contributed by atoms with Crippen molar-refractivity contribution in [3.63, 3.8) is 0 Å². The smallest absolute Gasteiger partial charge is 0.271 e. The predicted molar refractivity (Wildman–Crippen MR) is 69.6 cm³/mol. The Kier molecular flexibility index (Phi) is 3.10. The maximum atomic E-state index is 13.7. The third kappa shape index (κ3) is 2.40. The number of nitrogens with one attached hydrogen (secondary N) is 1. The maximum absolute atomic E-state index is 13.7. The first-order valence-corrected chi connectivity index (χ1v) is 6.56. The Bertz CT molecular complexity index is 501. The van der Waals surface area contributed by atoms with Crippen LogP contribution in [0, 0.1) is 21.8 Å². The van der Waals surface area contributed by atoms with E-state index in [2.05, 4.69) is 10.2 Å². The van der Waals surface area contributed by atoms with Crippen LogP contribution < -0.4 is 5.32 Å². The highest BCUT2D eigenvalue weighted by atomic mass is 19.1. The molecule has 6 heteroatoms. The van der Waals surface area contributed by atoms with Crippen LogP contribution in [0.2, 0.25) is 0 Å². The molecule has 1 unspecified atom stereocenters. The van der Waals surface area contributed by atoms with Crippen molar-refractivity contribution in [3.05, 3.63) is 34.1 Å². The SMILES string of the molecule is O=[N+]([O-])c1ccc(F)c(NC2CN3CCC2CC3)c1. The van der Waals surface area contributed by atoms with Gasteiger partial charge in [-0.1, -0.05) is 0 Å². The molecule has 0 amide bonds. The monoisotopic (exact) mass is 265 g/mol. The van der Waals surface area contributed by atoms with Crippen LogP contribution >= 0.6 is 0 Å². The number of fused-ring (bicyclic) bond motifs is 3. The summed E-state index contributed by atoms with van der Waals surface area (Å²) in [6.45, 7) is 3.12. The van der Waals surface area contributed by atoms with Gasteiger partial charge in [-0.3, -0.25) is 10.1 Å². The summed E-state index contributed by atoms with van der Waals surface area (Å²) in [6.07, 6.45) is 2.24. The Hall–Kier alpha value is -1.69. The standard InChI is InChI=1S/C13H16FN3O2/c14-11-2-1-10(17(18)19)7-12(11)15-13-8-16-5-3-9(13)4-6-16/h1-2,7,9,13,15H,3-6,8H2. The van der Waals surface area contributed by atoms with E-state index < -0.39 is 10.7 Å². The summed E-state index contributed by atoms with van der Waals surface area (Å²) in [5, 5.41) is 13.9. The predicted octanol–water partition coefficient (Wildman–Crippen LogP) is 2.24. The largest absolute Gasteiger partial charge is 0.378 e. The van der Waals surface area contributed by atoms with E-state index in [0.29, 0.717) is 5.92 Å². The van der Waals surface area contributed by atoms with E-state index in [4.69, 9.17) is 0 Å². The molecule has 5 nitrogen and oxygen atoms in total. The van der Waals surface area contributed by atoms with Crippen molar-refractivity contribution in [2.24, 2.45) is 5.92 Å². The van der Waals surface area contributed by atoms with E-state index in [0.717, 1.165) is 38.5 Å². The molecule has 1 atom stereocenters. The highest BCUT2D eigenvalue weighted by molar-refractivity contribution is 5.53. The molecule has 1 aromatic carbocycles. The minimum absolute atomic E-state index is 0.0785. The molecule has 0 saturated carbocycles. The van der Waals surface area contributed by atoms with Gasteiger partial charge < -0.3 is 10.2 Å². The lowest BCUT2D eigenvalue weighted by molar-refractivity contribution is -0.384. The first-order valence-electron chi connectivity index (χ1n) is 6.56. The fourth-order valence-corrected chi connectivity index (χ4v) is 3.07. The lowest BCUT2D eigenvalue weighted by Crippen LogP contribution is -2.53. The summed E-state index contributed by atoms with van der Waals surface area (Å²) in [4.78, 5) is 12.6. The summed E-state index contributed by atoms with van der Waals surface area (Å²) in [5.74, 6) is 0.116. The van der Waals surface area contributed by atoms with Crippen LogP contribution in [0.5, 0.6) is 0 Å². The number of nitrogens with zero attached hydrogens (tertiary/aromatic N) is 2. The topological polar surface area (TPSA) is 58.4 Å². The highest BCUT2D eigenvalue weighted by Crippen LogP contribution is 2.31. The molecule has 102 valence electrons. The zero-order chi connectivity index (χ0) is 13.4. The number of hydrogen-bond acceptors (Lipinski definition) is 4. The first kappa shape index (κ1) is 12.3. The highest BCUT2D eigenvalue weighted by Gasteiger charge is 2.34. The summed E-state index contributed by atoms with van der Waals surface area (Å²) in [6, 6.07) is 3.82. The third-order valence-electron chi connectivity index (χ3n) is 4.16. The Morgan fingerprint density at radius 1 is 1.37 bits per heavy atom. The molecule has 3 aliphatic heterocycles. The second-order valence-electron chi connectivity index (χ2n) is 5.31. The molecule has 3 aliphatic rings. The van der Waals surface area contributed by atoms with Gasteiger partial charge >= 0.3 is 0 Å². The molecule has 4 rings (SSSR count). The zero-order valence-corrected chi connectivity index (χ0v) is 10.5. The fraction of sp³-hybridized carbons (Fsp3) is 0.538. The maximum Gasteiger partial charge on any atom is 0.271 e. The number of nitro groups is 1. The van der Waals surface area contributed by atoms with Crippen LogP contribution in [0.4, 0.5) is 15.8 Å². The Morgan fingerprint density at radius 2 is 2.11 bits per heavy atom. The number of non-ortho nitro benzene ring substituents is 1. The van der Waals surface area contributed by atoms with Crippen LogP contribution in [0.1, 0.15) is 12.8 Å². The van der Waals surface area contributed by atoms with Gasteiger partial charge in [-0.15, -0.1) is 0 Å². The van der Waals surface area contributed by atoms with Crippen molar-refractivity contribution in [3.8, 4) is 0 Å². The third-order valence-corrected chi connectivity index (χ3v) is 4.16.